The number of rotatable bonds is 9. The number of amides is 2. The summed E-state index contributed by atoms with van der Waals surface area (Å²) in [4.78, 5) is 49.5. The number of halogens is 4. The van der Waals surface area contributed by atoms with Crippen LogP contribution in [0.15, 0.2) is 24.8 Å². The van der Waals surface area contributed by atoms with E-state index in [0.29, 0.717) is 28.7 Å². The van der Waals surface area contributed by atoms with Gasteiger partial charge < -0.3 is 19.9 Å². The number of aromatic nitrogens is 6. The van der Waals surface area contributed by atoms with Gasteiger partial charge in [-0.1, -0.05) is 11.6 Å². The molecule has 0 aliphatic carbocycles. The van der Waals surface area contributed by atoms with Crippen LogP contribution in [0.2, 0.25) is 5.02 Å². The number of hydrogen-bond acceptors (Lipinski definition) is 10. The summed E-state index contributed by atoms with van der Waals surface area (Å²) in [6, 6.07) is 0.0342. The minimum Gasteiger partial charge on any atom is -0.379 e. The van der Waals surface area contributed by atoms with E-state index in [9.17, 15) is 22.8 Å². The summed E-state index contributed by atoms with van der Waals surface area (Å²) in [6.45, 7) is 5.89. The number of hydrogen-bond donors (Lipinski definition) is 2. The Kier molecular flexibility index (Phi) is 9.19. The minimum atomic E-state index is -4.71. The minimum absolute atomic E-state index is 0.107. The van der Waals surface area contributed by atoms with Crippen molar-refractivity contribution in [1.29, 1.82) is 0 Å². The Morgan fingerprint density at radius 2 is 1.91 bits per heavy atom. The Hall–Kier alpha value is -3.73. The van der Waals surface area contributed by atoms with E-state index in [1.54, 1.807) is 6.92 Å². The monoisotopic (exact) mass is 637 g/mol. The van der Waals surface area contributed by atoms with Gasteiger partial charge in [-0.05, 0) is 26.0 Å². The normalized spacial score (nSPS) is 15.0. The third-order valence-corrected chi connectivity index (χ3v) is 8.29. The summed E-state index contributed by atoms with van der Waals surface area (Å²) in [5, 5.41) is 4.95. The molecular weight excluding hydrogens is 611 g/mol. The Balaban J connectivity index is 1.23. The smallest absolute Gasteiger partial charge is 0.379 e. The molecule has 0 unspecified atom stereocenters. The summed E-state index contributed by atoms with van der Waals surface area (Å²) < 4.78 is 46.7. The number of pyridine rings is 1. The van der Waals surface area contributed by atoms with Crippen molar-refractivity contribution in [2.45, 2.75) is 32.0 Å². The first-order valence-electron chi connectivity index (χ1n) is 13.3. The highest BCUT2D eigenvalue weighted by Gasteiger charge is 2.34. The van der Waals surface area contributed by atoms with Crippen molar-refractivity contribution in [3.63, 3.8) is 0 Å². The number of thiazole rings is 1. The number of carbonyl (C=O) groups excluding carboxylic acids is 2. The zero-order valence-corrected chi connectivity index (χ0v) is 24.7. The van der Waals surface area contributed by atoms with E-state index in [4.69, 9.17) is 16.3 Å². The largest absolute Gasteiger partial charge is 0.418 e. The molecule has 2 N–H and O–H groups in total. The van der Waals surface area contributed by atoms with Gasteiger partial charge in [-0.15, -0.1) is 11.3 Å². The molecule has 43 heavy (non-hydrogen) atoms. The first kappa shape index (κ1) is 30.7. The van der Waals surface area contributed by atoms with Crippen molar-refractivity contribution < 1.29 is 27.5 Å². The molecule has 1 saturated heterocycles. The fourth-order valence-electron chi connectivity index (χ4n) is 4.54. The first-order valence-corrected chi connectivity index (χ1v) is 14.5. The number of alkyl halides is 3. The predicted molar refractivity (Wildman–Crippen MR) is 152 cm³/mol. The summed E-state index contributed by atoms with van der Waals surface area (Å²) >= 11 is 6.56. The van der Waals surface area contributed by atoms with Gasteiger partial charge in [0, 0.05) is 32.8 Å². The molecule has 0 spiro atoms. The molecule has 4 aromatic rings. The number of carbonyl (C=O) groups is 2. The van der Waals surface area contributed by atoms with E-state index in [1.165, 1.54) is 12.5 Å². The van der Waals surface area contributed by atoms with Gasteiger partial charge in [0.25, 0.3) is 11.8 Å². The number of imidazole rings is 1. The molecule has 0 radical (unpaired) electrons. The van der Waals surface area contributed by atoms with E-state index in [-0.39, 0.29) is 16.4 Å². The molecule has 4 aromatic heterocycles. The van der Waals surface area contributed by atoms with E-state index in [0.717, 1.165) is 62.6 Å². The van der Waals surface area contributed by atoms with Gasteiger partial charge >= 0.3 is 6.18 Å². The van der Waals surface area contributed by atoms with Gasteiger partial charge in [0.2, 0.25) is 0 Å². The molecule has 0 bridgehead atoms. The third kappa shape index (κ3) is 7.09. The first-order chi connectivity index (χ1) is 20.5. The maximum Gasteiger partial charge on any atom is 0.418 e. The summed E-state index contributed by atoms with van der Waals surface area (Å²) in [5.41, 5.74) is -0.0980. The Morgan fingerprint density at radius 1 is 1.14 bits per heavy atom. The molecule has 2 amide bonds. The second-order valence-corrected chi connectivity index (χ2v) is 11.3. The average molecular weight is 638 g/mol. The Labute approximate surface area is 252 Å². The lowest BCUT2D eigenvalue weighted by molar-refractivity contribution is -0.137. The molecule has 1 aliphatic heterocycles. The highest BCUT2D eigenvalue weighted by Crippen LogP contribution is 2.35. The van der Waals surface area contributed by atoms with Crippen LogP contribution < -0.4 is 10.6 Å². The maximum atomic E-state index is 13.2. The number of fused-ring (bicyclic) bond motifs is 1. The van der Waals surface area contributed by atoms with Crippen LogP contribution in [0.3, 0.4) is 0 Å². The SMILES string of the molecule is C[C@@H](NC(=O)c1ncnc2c1nc(CCCN1CCOCC1)n2C)c1ncc(C(=O)Nc2cc(C(F)(F)F)c(Cl)cn2)s1. The lowest BCUT2D eigenvalue weighted by atomic mass is 10.2. The van der Waals surface area contributed by atoms with Crippen LogP contribution in [-0.4, -0.2) is 79.0 Å². The van der Waals surface area contributed by atoms with Gasteiger partial charge in [-0.2, -0.15) is 13.2 Å². The molecular formula is C26H27ClF3N9O3S. The summed E-state index contributed by atoms with van der Waals surface area (Å²) in [5.74, 6) is -0.734. The zero-order chi connectivity index (χ0) is 30.7. The lowest BCUT2D eigenvalue weighted by Gasteiger charge is -2.26. The van der Waals surface area contributed by atoms with Gasteiger partial charge in [0.15, 0.2) is 11.3 Å². The van der Waals surface area contributed by atoms with Crippen LogP contribution in [0, 0.1) is 0 Å². The maximum absolute atomic E-state index is 13.2. The molecule has 17 heteroatoms. The van der Waals surface area contributed by atoms with Crippen LogP contribution in [0.4, 0.5) is 19.0 Å². The zero-order valence-electron chi connectivity index (χ0n) is 23.1. The fourth-order valence-corrected chi connectivity index (χ4v) is 5.57. The van der Waals surface area contributed by atoms with Crippen LogP contribution in [0.1, 0.15) is 55.9 Å². The number of ether oxygens (including phenoxy) is 1. The number of nitrogens with zero attached hydrogens (tertiary/aromatic N) is 7. The van der Waals surface area contributed by atoms with Crippen LogP contribution in [0.25, 0.3) is 11.2 Å². The van der Waals surface area contributed by atoms with Gasteiger partial charge in [0.05, 0.1) is 36.0 Å². The lowest BCUT2D eigenvalue weighted by Crippen LogP contribution is -2.37. The number of morpholine rings is 1. The molecule has 1 fully saturated rings. The highest BCUT2D eigenvalue weighted by molar-refractivity contribution is 7.13. The number of nitrogens with one attached hydrogen (secondary N) is 2. The quantitative estimate of drug-likeness (QED) is 0.280. The average Bonchev–Trinajstić information content (AvgIpc) is 3.60. The molecule has 0 aromatic carbocycles. The fraction of sp³-hybridized carbons (Fsp3) is 0.423. The molecule has 228 valence electrons. The van der Waals surface area contributed by atoms with E-state index in [1.807, 2.05) is 11.6 Å². The molecule has 1 atom stereocenters. The molecule has 12 nitrogen and oxygen atoms in total. The Morgan fingerprint density at radius 3 is 2.65 bits per heavy atom. The summed E-state index contributed by atoms with van der Waals surface area (Å²) in [7, 11) is 1.85. The second-order valence-electron chi connectivity index (χ2n) is 9.80. The highest BCUT2D eigenvalue weighted by atomic mass is 35.5. The molecule has 5 rings (SSSR count). The van der Waals surface area contributed by atoms with Gasteiger partial charge in [-0.3, -0.25) is 14.5 Å². The van der Waals surface area contributed by atoms with Crippen LogP contribution in [-0.2, 0) is 24.4 Å². The van der Waals surface area contributed by atoms with Crippen LogP contribution in [0.5, 0.6) is 0 Å². The van der Waals surface area contributed by atoms with Gasteiger partial charge in [-0.25, -0.2) is 24.9 Å². The van der Waals surface area contributed by atoms with Crippen molar-refractivity contribution in [3.8, 4) is 0 Å². The van der Waals surface area contributed by atoms with Crippen molar-refractivity contribution >= 4 is 51.7 Å². The second kappa shape index (κ2) is 12.9. The predicted octanol–water partition coefficient (Wildman–Crippen LogP) is 3.90. The topological polar surface area (TPSA) is 140 Å². The van der Waals surface area contributed by atoms with Crippen LogP contribution >= 0.6 is 22.9 Å². The number of anilines is 1. The van der Waals surface area contributed by atoms with E-state index >= 15 is 0 Å². The molecule has 1 aliphatic rings. The summed E-state index contributed by atoms with van der Waals surface area (Å²) in [6.07, 6.45) is 0.274. The van der Waals surface area contributed by atoms with Crippen molar-refractivity contribution in [2.24, 2.45) is 7.05 Å². The van der Waals surface area contributed by atoms with Crippen molar-refractivity contribution in [1.82, 2.24) is 39.7 Å². The van der Waals surface area contributed by atoms with E-state index < -0.39 is 34.6 Å². The van der Waals surface area contributed by atoms with Gasteiger partial charge in [0.1, 0.15) is 33.4 Å². The Bertz CT molecular complexity index is 1640. The molecule has 0 saturated carbocycles. The van der Waals surface area contributed by atoms with E-state index in [2.05, 4.69) is 40.5 Å². The van der Waals surface area contributed by atoms with Crippen molar-refractivity contribution in [3.05, 3.63) is 56.8 Å². The van der Waals surface area contributed by atoms with Crippen molar-refractivity contribution in [2.75, 3.05) is 38.2 Å². The number of aryl methyl sites for hydroxylation is 2. The third-order valence-electron chi connectivity index (χ3n) is 6.81. The molecule has 5 heterocycles. The standard InChI is InChI=1S/C26H27ClF3N9O3S/c1-14(25-32-12-17(43-25)23(40)36-18-10-15(26(28,29)30)16(27)11-31-18)35-24(41)21-20-22(34-13-33-21)38(2)19(37-20)4-3-5-39-6-8-42-9-7-39/h10-14H,3-9H2,1-2H3,(H,35,41)(H,31,36,40)/t14-/m1/s1.